The van der Waals surface area contributed by atoms with Gasteiger partial charge in [-0.1, -0.05) is 61.4 Å². The van der Waals surface area contributed by atoms with Crippen LogP contribution in [-0.2, 0) is 9.53 Å². The van der Waals surface area contributed by atoms with Gasteiger partial charge in [0, 0.05) is 42.3 Å². The third kappa shape index (κ3) is 6.61. The van der Waals surface area contributed by atoms with Gasteiger partial charge < -0.3 is 9.64 Å². The molecule has 0 spiro atoms. The Kier molecular flexibility index (Phi) is 9.13. The smallest absolute Gasteiger partial charge is 0.333 e. The van der Waals surface area contributed by atoms with Gasteiger partial charge in [-0.2, -0.15) is 0 Å². The molecule has 0 amide bonds. The van der Waals surface area contributed by atoms with E-state index in [-0.39, 0.29) is 5.97 Å². The Balaban J connectivity index is 1.31. The van der Waals surface area contributed by atoms with Gasteiger partial charge in [0.25, 0.3) is 0 Å². The number of hydrogen-bond acceptors (Lipinski definition) is 4. The quantitative estimate of drug-likeness (QED) is 0.268. The summed E-state index contributed by atoms with van der Waals surface area (Å²) in [7, 11) is 0. The largest absolute Gasteiger partial charge is 0.463 e. The van der Waals surface area contributed by atoms with Crippen molar-refractivity contribution in [3.63, 3.8) is 0 Å². The summed E-state index contributed by atoms with van der Waals surface area (Å²) in [5.74, 6) is 0.487. The van der Waals surface area contributed by atoms with E-state index in [9.17, 15) is 4.79 Å². The molecule has 0 fully saturated rings. The van der Waals surface area contributed by atoms with Crippen molar-refractivity contribution in [1.29, 1.82) is 0 Å². The number of esters is 1. The minimum Gasteiger partial charge on any atom is -0.463 e. The van der Waals surface area contributed by atoms with Crippen molar-refractivity contribution < 1.29 is 9.53 Å². The standard InChI is InChI=1S/C35H42N2O2/c1-3-7-26-10-12-27(13-11-26)28-14-16-29(17-15-28)31-18-19-32-25-36-21-20-34(33(32)24-31)37-22-5-8-30(9-6-23-37)35(38)39-4-2/h8,10,14-18,20-21,24-25,27H,3-7,9,11-13,19,22-23H2,1-2H3/b30-8-/t27-/m0/s1. The second-order valence-corrected chi connectivity index (χ2v) is 11.0. The maximum atomic E-state index is 12.2. The molecule has 0 saturated carbocycles. The van der Waals surface area contributed by atoms with Gasteiger partial charge in [-0.05, 0) is 98.6 Å². The first-order valence-corrected chi connectivity index (χ1v) is 14.9. The van der Waals surface area contributed by atoms with Gasteiger partial charge in [-0.25, -0.2) is 4.79 Å². The highest BCUT2D eigenvalue weighted by atomic mass is 16.5. The van der Waals surface area contributed by atoms with E-state index >= 15 is 0 Å². The SMILES string of the molecule is CCCC1=CC[C@H](c2ccc(C3=CCC4=CN=CC=C(N5CC/C=C(\C(=O)OCC)CCC5)C4=C3)cc2)CC1. The molecule has 2 aliphatic heterocycles. The Labute approximate surface area is 234 Å². The summed E-state index contributed by atoms with van der Waals surface area (Å²) >= 11 is 0. The van der Waals surface area contributed by atoms with E-state index in [1.807, 2.05) is 19.3 Å². The van der Waals surface area contributed by atoms with Crippen LogP contribution < -0.4 is 0 Å². The Morgan fingerprint density at radius 2 is 1.95 bits per heavy atom. The van der Waals surface area contributed by atoms with Crippen LogP contribution in [0.4, 0.5) is 0 Å². The summed E-state index contributed by atoms with van der Waals surface area (Å²) in [4.78, 5) is 19.2. The average molecular weight is 523 g/mol. The van der Waals surface area contributed by atoms with E-state index in [0.717, 1.165) is 44.3 Å². The van der Waals surface area contributed by atoms with Crippen molar-refractivity contribution in [2.75, 3.05) is 19.7 Å². The Hall–Kier alpha value is -3.40. The number of carbonyl (C=O) groups is 1. The van der Waals surface area contributed by atoms with Gasteiger partial charge in [0.1, 0.15) is 0 Å². The topological polar surface area (TPSA) is 41.9 Å². The molecule has 2 heterocycles. The van der Waals surface area contributed by atoms with E-state index in [0.29, 0.717) is 12.5 Å². The third-order valence-electron chi connectivity index (χ3n) is 8.35. The van der Waals surface area contributed by atoms with Crippen LogP contribution in [0.3, 0.4) is 0 Å². The summed E-state index contributed by atoms with van der Waals surface area (Å²) < 4.78 is 5.24. The molecule has 1 aromatic carbocycles. The predicted molar refractivity (Wildman–Crippen MR) is 161 cm³/mol. The van der Waals surface area contributed by atoms with Crippen LogP contribution in [0.15, 0.2) is 93.8 Å². The number of rotatable bonds is 7. The van der Waals surface area contributed by atoms with E-state index in [4.69, 9.17) is 4.74 Å². The molecule has 1 aromatic rings. The van der Waals surface area contributed by atoms with Crippen LogP contribution in [0, 0.1) is 0 Å². The average Bonchev–Trinajstić information content (AvgIpc) is 3.16. The lowest BCUT2D eigenvalue weighted by Gasteiger charge is -2.31. The zero-order chi connectivity index (χ0) is 27.0. The second-order valence-electron chi connectivity index (χ2n) is 11.0. The number of fused-ring (bicyclic) bond motifs is 1. The van der Waals surface area contributed by atoms with Crippen LogP contribution in [0.1, 0.15) is 88.7 Å². The lowest BCUT2D eigenvalue weighted by atomic mass is 9.82. The molecule has 4 nitrogen and oxygen atoms in total. The van der Waals surface area contributed by atoms with E-state index in [2.05, 4.69) is 71.5 Å². The number of aliphatic imine (C=N–C) groups is 1. The Morgan fingerprint density at radius 1 is 1.08 bits per heavy atom. The summed E-state index contributed by atoms with van der Waals surface area (Å²) in [6.45, 7) is 6.34. The number of benzene rings is 1. The van der Waals surface area contributed by atoms with Gasteiger partial charge in [-0.15, -0.1) is 0 Å². The maximum Gasteiger partial charge on any atom is 0.333 e. The number of carbonyl (C=O) groups excluding carboxylic acids is 1. The van der Waals surface area contributed by atoms with E-state index in [1.165, 1.54) is 65.6 Å². The van der Waals surface area contributed by atoms with Gasteiger partial charge in [0.15, 0.2) is 0 Å². The van der Waals surface area contributed by atoms with Crippen LogP contribution in [0.2, 0.25) is 0 Å². The molecule has 0 N–H and O–H groups in total. The minimum atomic E-state index is -0.158. The van der Waals surface area contributed by atoms with Crippen molar-refractivity contribution in [3.8, 4) is 0 Å². The number of allylic oxidation sites excluding steroid dienone is 7. The van der Waals surface area contributed by atoms with Crippen molar-refractivity contribution >= 4 is 17.8 Å². The van der Waals surface area contributed by atoms with Crippen molar-refractivity contribution in [2.24, 2.45) is 4.99 Å². The monoisotopic (exact) mass is 522 g/mol. The van der Waals surface area contributed by atoms with Gasteiger partial charge in [0.05, 0.1) is 6.61 Å². The zero-order valence-corrected chi connectivity index (χ0v) is 23.6. The number of ether oxygens (including phenoxy) is 1. The van der Waals surface area contributed by atoms with E-state index in [1.54, 1.807) is 5.57 Å². The van der Waals surface area contributed by atoms with Crippen LogP contribution in [0.25, 0.3) is 5.57 Å². The summed E-state index contributed by atoms with van der Waals surface area (Å²) in [6, 6.07) is 9.32. The Morgan fingerprint density at radius 3 is 2.72 bits per heavy atom. The van der Waals surface area contributed by atoms with E-state index < -0.39 is 0 Å². The molecular formula is C35H42N2O2. The molecule has 0 radical (unpaired) electrons. The first-order valence-electron chi connectivity index (χ1n) is 14.9. The van der Waals surface area contributed by atoms with Gasteiger partial charge in [0.2, 0.25) is 0 Å². The number of hydrogen-bond donors (Lipinski definition) is 0. The molecular weight excluding hydrogens is 480 g/mol. The summed E-state index contributed by atoms with van der Waals surface area (Å²) in [5.41, 5.74) is 10.3. The fraction of sp³-hybridized carbons (Fsp3) is 0.429. The highest BCUT2D eigenvalue weighted by Gasteiger charge is 2.23. The first-order chi connectivity index (χ1) is 19.2. The van der Waals surface area contributed by atoms with Crippen LogP contribution in [0.5, 0.6) is 0 Å². The highest BCUT2D eigenvalue weighted by Crippen LogP contribution is 2.37. The molecule has 39 heavy (non-hydrogen) atoms. The summed E-state index contributed by atoms with van der Waals surface area (Å²) in [5, 5.41) is 0. The predicted octanol–water partition coefficient (Wildman–Crippen LogP) is 8.22. The normalized spacial score (nSPS) is 22.9. The lowest BCUT2D eigenvalue weighted by Crippen LogP contribution is -2.29. The Bertz CT molecular complexity index is 1270. The van der Waals surface area contributed by atoms with Gasteiger partial charge in [-0.3, -0.25) is 4.99 Å². The molecule has 0 unspecified atom stereocenters. The van der Waals surface area contributed by atoms with Crippen LogP contribution >= 0.6 is 0 Å². The molecule has 204 valence electrons. The maximum absolute atomic E-state index is 12.2. The summed E-state index contributed by atoms with van der Waals surface area (Å²) in [6.07, 6.45) is 24.9. The fourth-order valence-electron chi connectivity index (χ4n) is 6.22. The van der Waals surface area contributed by atoms with Crippen molar-refractivity contribution in [2.45, 2.75) is 77.6 Å². The first kappa shape index (κ1) is 27.2. The lowest BCUT2D eigenvalue weighted by molar-refractivity contribution is -0.138. The molecule has 0 aromatic heterocycles. The zero-order valence-electron chi connectivity index (χ0n) is 23.6. The van der Waals surface area contributed by atoms with Crippen molar-refractivity contribution in [3.05, 3.63) is 100.0 Å². The molecule has 0 bridgehead atoms. The molecule has 2 aliphatic carbocycles. The highest BCUT2D eigenvalue weighted by molar-refractivity contribution is 5.88. The van der Waals surface area contributed by atoms with Crippen molar-refractivity contribution in [1.82, 2.24) is 4.90 Å². The fourth-order valence-corrected chi connectivity index (χ4v) is 6.22. The molecule has 0 saturated heterocycles. The third-order valence-corrected chi connectivity index (χ3v) is 8.35. The molecule has 4 aliphatic rings. The molecule has 5 rings (SSSR count). The minimum absolute atomic E-state index is 0.158. The van der Waals surface area contributed by atoms with Gasteiger partial charge >= 0.3 is 5.97 Å². The van der Waals surface area contributed by atoms with Crippen LogP contribution in [-0.4, -0.2) is 36.8 Å². The second kappa shape index (κ2) is 13.1. The molecule has 4 heteroatoms. The molecule has 1 atom stereocenters. The number of nitrogens with zero attached hydrogens (tertiary/aromatic N) is 2.